The van der Waals surface area contributed by atoms with Crippen molar-refractivity contribution in [1.29, 1.82) is 0 Å². The van der Waals surface area contributed by atoms with Gasteiger partial charge in [-0.05, 0) is 55.3 Å². The van der Waals surface area contributed by atoms with E-state index in [2.05, 4.69) is 11.4 Å². The highest BCUT2D eigenvalue weighted by atomic mass is 16.3. The largest absolute Gasteiger partial charge is 0.508 e. The third-order valence-electron chi connectivity index (χ3n) is 4.90. The Labute approximate surface area is 116 Å². The van der Waals surface area contributed by atoms with Gasteiger partial charge in [0, 0.05) is 6.04 Å². The summed E-state index contributed by atoms with van der Waals surface area (Å²) in [5.41, 5.74) is 2.48. The number of nitrogens with one attached hydrogen (secondary N) is 1. The summed E-state index contributed by atoms with van der Waals surface area (Å²) in [5.74, 6) is 1.48. The Kier molecular flexibility index (Phi) is 4.07. The topological polar surface area (TPSA) is 32.3 Å². The summed E-state index contributed by atoms with van der Waals surface area (Å²) in [7, 11) is 0. The van der Waals surface area contributed by atoms with E-state index >= 15 is 0 Å². The van der Waals surface area contributed by atoms with Gasteiger partial charge in [0.2, 0.25) is 0 Å². The third-order valence-corrected chi connectivity index (χ3v) is 4.90. The van der Waals surface area contributed by atoms with Crippen molar-refractivity contribution in [1.82, 2.24) is 5.32 Å². The first-order chi connectivity index (χ1) is 9.34. The first kappa shape index (κ1) is 13.0. The molecule has 0 spiro atoms. The Hall–Kier alpha value is -1.02. The van der Waals surface area contributed by atoms with Crippen molar-refractivity contribution in [3.63, 3.8) is 0 Å². The van der Waals surface area contributed by atoms with Crippen LogP contribution in [0.2, 0.25) is 0 Å². The maximum absolute atomic E-state index is 9.84. The summed E-state index contributed by atoms with van der Waals surface area (Å²) in [6.45, 7) is 1.12. The summed E-state index contributed by atoms with van der Waals surface area (Å²) in [4.78, 5) is 0. The molecule has 0 saturated heterocycles. The number of hydrogen-bond acceptors (Lipinski definition) is 2. The average molecular weight is 259 g/mol. The molecular formula is C17H25NO. The highest BCUT2D eigenvalue weighted by molar-refractivity contribution is 5.44. The van der Waals surface area contributed by atoms with Gasteiger partial charge in [0.15, 0.2) is 0 Å². The van der Waals surface area contributed by atoms with Crippen LogP contribution in [-0.4, -0.2) is 11.7 Å². The quantitative estimate of drug-likeness (QED) is 0.785. The lowest BCUT2D eigenvalue weighted by atomic mass is 10.0. The molecule has 19 heavy (non-hydrogen) atoms. The van der Waals surface area contributed by atoms with E-state index in [9.17, 15) is 5.11 Å². The Morgan fingerprint density at radius 3 is 2.84 bits per heavy atom. The molecule has 1 fully saturated rings. The second kappa shape index (κ2) is 5.96. The van der Waals surface area contributed by atoms with Crippen LogP contribution < -0.4 is 5.32 Å². The van der Waals surface area contributed by atoms with Crippen molar-refractivity contribution in [3.8, 4) is 5.75 Å². The van der Waals surface area contributed by atoms with Crippen molar-refractivity contribution < 1.29 is 5.11 Å². The molecule has 1 aromatic carbocycles. The van der Waals surface area contributed by atoms with Gasteiger partial charge in [-0.2, -0.15) is 0 Å². The van der Waals surface area contributed by atoms with Gasteiger partial charge in [-0.25, -0.2) is 0 Å². The van der Waals surface area contributed by atoms with Crippen molar-refractivity contribution >= 4 is 0 Å². The Bertz CT molecular complexity index is 423. The predicted octanol–water partition coefficient (Wildman–Crippen LogP) is 3.94. The van der Waals surface area contributed by atoms with E-state index in [-0.39, 0.29) is 0 Å². The van der Waals surface area contributed by atoms with Crippen LogP contribution in [-0.2, 0) is 6.42 Å². The number of phenols is 1. The molecule has 2 nitrogen and oxygen atoms in total. The lowest BCUT2D eigenvalue weighted by Gasteiger charge is -2.15. The first-order valence-corrected chi connectivity index (χ1v) is 7.89. The molecule has 2 aliphatic rings. The van der Waals surface area contributed by atoms with Gasteiger partial charge in [0.05, 0.1) is 0 Å². The fourth-order valence-electron chi connectivity index (χ4n) is 3.81. The molecule has 104 valence electrons. The second-order valence-electron chi connectivity index (χ2n) is 6.18. The molecule has 0 heterocycles. The van der Waals surface area contributed by atoms with E-state index in [4.69, 9.17) is 0 Å². The molecule has 0 amide bonds. The number of hydrogen-bond donors (Lipinski definition) is 2. The Balaban J connectivity index is 1.46. The molecule has 2 N–H and O–H groups in total. The number of phenolic OH excluding ortho intramolecular Hbond substituents is 1. The van der Waals surface area contributed by atoms with E-state index in [1.54, 1.807) is 6.07 Å². The molecule has 1 saturated carbocycles. The van der Waals surface area contributed by atoms with Gasteiger partial charge in [-0.15, -0.1) is 0 Å². The monoisotopic (exact) mass is 259 g/mol. The smallest absolute Gasteiger partial charge is 0.119 e. The zero-order valence-electron chi connectivity index (χ0n) is 11.7. The van der Waals surface area contributed by atoms with E-state index in [0.717, 1.165) is 30.9 Å². The molecule has 2 heteroatoms. The summed E-state index contributed by atoms with van der Waals surface area (Å²) in [5, 5.41) is 13.5. The minimum atomic E-state index is 0.464. The van der Waals surface area contributed by atoms with Crippen LogP contribution >= 0.6 is 0 Å². The third kappa shape index (κ3) is 2.94. The van der Waals surface area contributed by atoms with E-state index in [0.29, 0.717) is 11.8 Å². The van der Waals surface area contributed by atoms with Gasteiger partial charge >= 0.3 is 0 Å². The number of rotatable bonds is 5. The average Bonchev–Trinajstić information content (AvgIpc) is 3.05. The number of benzene rings is 1. The van der Waals surface area contributed by atoms with E-state index < -0.39 is 0 Å². The molecular weight excluding hydrogens is 234 g/mol. The van der Waals surface area contributed by atoms with Crippen LogP contribution in [0.5, 0.6) is 5.75 Å². The first-order valence-electron chi connectivity index (χ1n) is 7.89. The fourth-order valence-corrected chi connectivity index (χ4v) is 3.81. The maximum atomic E-state index is 9.84. The maximum Gasteiger partial charge on any atom is 0.119 e. The van der Waals surface area contributed by atoms with Crippen LogP contribution in [0, 0.1) is 5.92 Å². The molecule has 2 aliphatic carbocycles. The van der Waals surface area contributed by atoms with Gasteiger partial charge < -0.3 is 10.4 Å². The van der Waals surface area contributed by atoms with Gasteiger partial charge in [-0.1, -0.05) is 37.8 Å². The van der Waals surface area contributed by atoms with Crippen LogP contribution in [0.25, 0.3) is 0 Å². The summed E-state index contributed by atoms with van der Waals surface area (Å²) < 4.78 is 0. The molecule has 1 unspecified atom stereocenters. The molecule has 0 aromatic heterocycles. The normalized spacial score (nSPS) is 22.8. The van der Waals surface area contributed by atoms with Crippen LogP contribution in [0.15, 0.2) is 18.2 Å². The van der Waals surface area contributed by atoms with Crippen LogP contribution in [0.3, 0.4) is 0 Å². The molecule has 0 radical (unpaired) electrons. The summed E-state index contributed by atoms with van der Waals surface area (Å²) in [6, 6.07) is 6.40. The molecule has 0 aliphatic heterocycles. The van der Waals surface area contributed by atoms with E-state index in [1.165, 1.54) is 44.1 Å². The zero-order valence-corrected chi connectivity index (χ0v) is 11.7. The molecule has 1 atom stereocenters. The van der Waals surface area contributed by atoms with Crippen LogP contribution in [0.4, 0.5) is 0 Å². The fraction of sp³-hybridized carbons (Fsp3) is 0.647. The Morgan fingerprint density at radius 2 is 2.00 bits per heavy atom. The van der Waals surface area contributed by atoms with E-state index in [1.807, 2.05) is 6.07 Å². The highest BCUT2D eigenvalue weighted by Crippen LogP contribution is 2.36. The lowest BCUT2D eigenvalue weighted by molar-refractivity contribution is 0.447. The lowest BCUT2D eigenvalue weighted by Crippen LogP contribution is -2.20. The van der Waals surface area contributed by atoms with Crippen LogP contribution in [0.1, 0.15) is 62.1 Å². The van der Waals surface area contributed by atoms with Crippen molar-refractivity contribution in [2.45, 2.75) is 57.4 Å². The predicted molar refractivity (Wildman–Crippen MR) is 78.4 cm³/mol. The minimum absolute atomic E-state index is 0.464. The molecule has 3 rings (SSSR count). The highest BCUT2D eigenvalue weighted by Gasteiger charge is 2.24. The van der Waals surface area contributed by atoms with Crippen molar-refractivity contribution in [2.75, 3.05) is 6.54 Å². The standard InChI is InChI=1S/C17H25NO/c19-17-9-3-8-14-15(17)10-11-16(14)18-12-4-7-13-5-1-2-6-13/h3,8-9,13,16,18-19H,1-2,4-7,10-12H2. The molecule has 1 aromatic rings. The zero-order chi connectivity index (χ0) is 13.1. The number of aromatic hydroxyl groups is 1. The Morgan fingerprint density at radius 1 is 1.16 bits per heavy atom. The van der Waals surface area contributed by atoms with Crippen molar-refractivity contribution in [3.05, 3.63) is 29.3 Å². The van der Waals surface area contributed by atoms with Gasteiger partial charge in [0.25, 0.3) is 0 Å². The van der Waals surface area contributed by atoms with Crippen molar-refractivity contribution in [2.24, 2.45) is 5.92 Å². The summed E-state index contributed by atoms with van der Waals surface area (Å²) >= 11 is 0. The SMILES string of the molecule is Oc1cccc2c1CCC2NCCCC1CCCC1. The molecule has 0 bridgehead atoms. The summed E-state index contributed by atoms with van der Waals surface area (Å²) in [6.07, 6.45) is 10.7. The second-order valence-corrected chi connectivity index (χ2v) is 6.18. The minimum Gasteiger partial charge on any atom is -0.508 e. The number of fused-ring (bicyclic) bond motifs is 1. The van der Waals surface area contributed by atoms with Gasteiger partial charge in [0.1, 0.15) is 5.75 Å². The van der Waals surface area contributed by atoms with Gasteiger partial charge in [-0.3, -0.25) is 0 Å².